The molecule has 0 fully saturated rings. The van der Waals surface area contributed by atoms with Crippen molar-refractivity contribution in [1.82, 2.24) is 0 Å². The Bertz CT molecular complexity index is 616. The Balaban J connectivity index is 2.53. The van der Waals surface area contributed by atoms with Crippen LogP contribution in [0.5, 0.6) is 11.5 Å². The van der Waals surface area contributed by atoms with Crippen LogP contribution in [0.1, 0.15) is 17.2 Å². The molecule has 0 aromatic heterocycles. The van der Waals surface area contributed by atoms with Crippen LogP contribution in [0.15, 0.2) is 36.4 Å². The summed E-state index contributed by atoms with van der Waals surface area (Å²) in [6, 6.07) is 8.98. The first-order chi connectivity index (χ1) is 9.58. The number of para-hydroxylation sites is 1. The van der Waals surface area contributed by atoms with Crippen LogP contribution in [0, 0.1) is 5.82 Å². The number of nitrogen functional groups attached to an aromatic ring is 1. The van der Waals surface area contributed by atoms with E-state index in [4.69, 9.17) is 15.2 Å². The minimum Gasteiger partial charge on any atom is -0.493 e. The Morgan fingerprint density at radius 2 is 1.85 bits per heavy atom. The SMILES string of the molecule is COc1cccc(C(O)c2cc(F)ccc2N)c1OC. The van der Waals surface area contributed by atoms with Crippen LogP contribution in [0.2, 0.25) is 0 Å². The van der Waals surface area contributed by atoms with Crippen LogP contribution in [-0.2, 0) is 0 Å². The van der Waals surface area contributed by atoms with Gasteiger partial charge in [-0.05, 0) is 24.3 Å². The van der Waals surface area contributed by atoms with E-state index >= 15 is 0 Å². The van der Waals surface area contributed by atoms with Crippen LogP contribution >= 0.6 is 0 Å². The maximum Gasteiger partial charge on any atom is 0.166 e. The standard InChI is InChI=1S/C15H16FNO3/c1-19-13-5-3-4-10(15(13)20-2)14(18)11-8-9(16)6-7-12(11)17/h3-8,14,18H,17H2,1-2H3. The molecule has 0 aliphatic carbocycles. The quantitative estimate of drug-likeness (QED) is 0.843. The number of anilines is 1. The summed E-state index contributed by atoms with van der Waals surface area (Å²) in [7, 11) is 2.98. The average molecular weight is 277 g/mol. The predicted octanol–water partition coefficient (Wildman–Crippen LogP) is 2.51. The molecule has 3 N–H and O–H groups in total. The fraction of sp³-hybridized carbons (Fsp3) is 0.200. The summed E-state index contributed by atoms with van der Waals surface area (Å²) in [6.45, 7) is 0. The summed E-state index contributed by atoms with van der Waals surface area (Å²) in [6.07, 6.45) is -1.10. The van der Waals surface area contributed by atoms with Crippen molar-refractivity contribution in [3.63, 3.8) is 0 Å². The zero-order valence-corrected chi connectivity index (χ0v) is 11.3. The molecule has 2 rings (SSSR count). The van der Waals surface area contributed by atoms with Gasteiger partial charge in [0.2, 0.25) is 0 Å². The highest BCUT2D eigenvalue weighted by molar-refractivity contribution is 5.55. The minimum absolute atomic E-state index is 0.288. The molecule has 0 radical (unpaired) electrons. The molecule has 4 nitrogen and oxygen atoms in total. The van der Waals surface area contributed by atoms with E-state index in [1.54, 1.807) is 18.2 Å². The molecular weight excluding hydrogens is 261 g/mol. The van der Waals surface area contributed by atoms with E-state index in [-0.39, 0.29) is 5.56 Å². The Morgan fingerprint density at radius 1 is 1.10 bits per heavy atom. The largest absolute Gasteiger partial charge is 0.493 e. The summed E-state index contributed by atoms with van der Waals surface area (Å²) in [5, 5.41) is 10.4. The molecule has 2 aromatic carbocycles. The second-order valence-corrected chi connectivity index (χ2v) is 4.26. The van der Waals surface area contributed by atoms with Gasteiger partial charge < -0.3 is 20.3 Å². The highest BCUT2D eigenvalue weighted by Gasteiger charge is 2.20. The van der Waals surface area contributed by atoms with E-state index in [1.807, 2.05) is 0 Å². The number of hydrogen-bond acceptors (Lipinski definition) is 4. The number of nitrogens with two attached hydrogens (primary N) is 1. The van der Waals surface area contributed by atoms with E-state index in [9.17, 15) is 9.50 Å². The van der Waals surface area contributed by atoms with Gasteiger partial charge in [0, 0.05) is 16.8 Å². The van der Waals surface area contributed by atoms with E-state index in [0.29, 0.717) is 22.7 Å². The maximum atomic E-state index is 13.3. The molecule has 0 saturated carbocycles. The zero-order valence-electron chi connectivity index (χ0n) is 11.3. The molecule has 0 saturated heterocycles. The Hall–Kier alpha value is -2.27. The van der Waals surface area contributed by atoms with Gasteiger partial charge in [0.25, 0.3) is 0 Å². The molecule has 20 heavy (non-hydrogen) atoms. The highest BCUT2D eigenvalue weighted by atomic mass is 19.1. The second-order valence-electron chi connectivity index (χ2n) is 4.26. The lowest BCUT2D eigenvalue weighted by atomic mass is 9.98. The van der Waals surface area contributed by atoms with Gasteiger partial charge in [0.05, 0.1) is 14.2 Å². The Labute approximate surface area is 116 Å². The van der Waals surface area contributed by atoms with E-state index in [1.165, 1.54) is 32.4 Å². The normalized spacial score (nSPS) is 12.0. The number of ether oxygens (including phenoxy) is 2. The van der Waals surface area contributed by atoms with Crippen molar-refractivity contribution in [1.29, 1.82) is 0 Å². The van der Waals surface area contributed by atoms with Crippen molar-refractivity contribution in [3.05, 3.63) is 53.3 Å². The summed E-state index contributed by atoms with van der Waals surface area (Å²) in [5.74, 6) is 0.417. The molecular formula is C15H16FNO3. The molecule has 0 heterocycles. The molecule has 0 aliphatic heterocycles. The lowest BCUT2D eigenvalue weighted by Crippen LogP contribution is -2.07. The number of aliphatic hydroxyl groups is 1. The number of benzene rings is 2. The first-order valence-electron chi connectivity index (χ1n) is 6.02. The van der Waals surface area contributed by atoms with E-state index < -0.39 is 11.9 Å². The van der Waals surface area contributed by atoms with Gasteiger partial charge in [-0.2, -0.15) is 0 Å². The second kappa shape index (κ2) is 5.79. The third kappa shape index (κ3) is 2.53. The summed E-state index contributed by atoms with van der Waals surface area (Å²) < 4.78 is 23.8. The Kier molecular flexibility index (Phi) is 4.10. The van der Waals surface area contributed by atoms with Crippen LogP contribution in [0.4, 0.5) is 10.1 Å². The van der Waals surface area contributed by atoms with Crippen LogP contribution in [-0.4, -0.2) is 19.3 Å². The number of halogens is 1. The average Bonchev–Trinajstić information content (AvgIpc) is 2.48. The van der Waals surface area contributed by atoms with E-state index in [2.05, 4.69) is 0 Å². The molecule has 0 amide bonds. The van der Waals surface area contributed by atoms with Gasteiger partial charge in [-0.15, -0.1) is 0 Å². The molecule has 5 heteroatoms. The molecule has 0 bridgehead atoms. The number of rotatable bonds is 4. The third-order valence-electron chi connectivity index (χ3n) is 3.07. The van der Waals surface area contributed by atoms with Crippen molar-refractivity contribution in [3.8, 4) is 11.5 Å². The number of methoxy groups -OCH3 is 2. The van der Waals surface area contributed by atoms with E-state index in [0.717, 1.165) is 0 Å². The monoisotopic (exact) mass is 277 g/mol. The molecule has 2 aromatic rings. The molecule has 1 unspecified atom stereocenters. The third-order valence-corrected chi connectivity index (χ3v) is 3.07. The van der Waals surface area contributed by atoms with Crippen molar-refractivity contribution >= 4 is 5.69 Å². The van der Waals surface area contributed by atoms with Gasteiger partial charge in [-0.1, -0.05) is 12.1 Å². The number of hydrogen-bond donors (Lipinski definition) is 2. The predicted molar refractivity (Wildman–Crippen MR) is 74.4 cm³/mol. The van der Waals surface area contributed by atoms with Crippen molar-refractivity contribution in [2.24, 2.45) is 0 Å². The molecule has 0 aliphatic rings. The smallest absolute Gasteiger partial charge is 0.166 e. The van der Waals surface area contributed by atoms with Gasteiger partial charge in [-0.25, -0.2) is 4.39 Å². The van der Waals surface area contributed by atoms with Crippen LogP contribution in [0.25, 0.3) is 0 Å². The maximum absolute atomic E-state index is 13.3. The van der Waals surface area contributed by atoms with Crippen LogP contribution in [0.3, 0.4) is 0 Å². The lowest BCUT2D eigenvalue weighted by molar-refractivity contribution is 0.213. The fourth-order valence-electron chi connectivity index (χ4n) is 2.08. The van der Waals surface area contributed by atoms with Gasteiger partial charge in [-0.3, -0.25) is 0 Å². The van der Waals surface area contributed by atoms with Crippen molar-refractivity contribution in [2.75, 3.05) is 20.0 Å². The minimum atomic E-state index is -1.10. The van der Waals surface area contributed by atoms with Gasteiger partial charge in [0.15, 0.2) is 11.5 Å². The number of aliphatic hydroxyl groups excluding tert-OH is 1. The van der Waals surface area contributed by atoms with Gasteiger partial charge >= 0.3 is 0 Å². The molecule has 106 valence electrons. The molecule has 1 atom stereocenters. The summed E-state index contributed by atoms with van der Waals surface area (Å²) in [5.41, 5.74) is 6.85. The summed E-state index contributed by atoms with van der Waals surface area (Å²) >= 11 is 0. The highest BCUT2D eigenvalue weighted by Crippen LogP contribution is 2.38. The zero-order chi connectivity index (χ0) is 14.7. The van der Waals surface area contributed by atoms with Crippen molar-refractivity contribution in [2.45, 2.75) is 6.10 Å². The first-order valence-corrected chi connectivity index (χ1v) is 6.02. The van der Waals surface area contributed by atoms with Crippen LogP contribution < -0.4 is 15.2 Å². The fourth-order valence-corrected chi connectivity index (χ4v) is 2.08. The van der Waals surface area contributed by atoms with Gasteiger partial charge in [0.1, 0.15) is 11.9 Å². The molecule has 0 spiro atoms. The lowest BCUT2D eigenvalue weighted by Gasteiger charge is -2.18. The topological polar surface area (TPSA) is 64.7 Å². The summed E-state index contributed by atoms with van der Waals surface area (Å²) in [4.78, 5) is 0. The first kappa shape index (κ1) is 14.1. The Morgan fingerprint density at radius 3 is 2.50 bits per heavy atom. The van der Waals surface area contributed by atoms with Crippen molar-refractivity contribution < 1.29 is 19.0 Å².